The number of fused-ring (bicyclic) bond motifs is 1. The van der Waals surface area contributed by atoms with E-state index in [1.165, 1.54) is 0 Å². The predicted octanol–water partition coefficient (Wildman–Crippen LogP) is 1.73. The Bertz CT molecular complexity index is 799. The number of benzene rings is 1. The second-order valence-corrected chi connectivity index (χ2v) is 6.45. The minimum Gasteiger partial charge on any atom is -0.431 e. The lowest BCUT2D eigenvalue weighted by Crippen LogP contribution is -2.45. The second kappa shape index (κ2) is 6.33. The van der Waals surface area contributed by atoms with Crippen molar-refractivity contribution in [1.82, 2.24) is 14.9 Å². The molecule has 0 aliphatic carbocycles. The van der Waals surface area contributed by atoms with Crippen LogP contribution in [0.2, 0.25) is 0 Å². The molecular weight excluding hydrogens is 316 g/mol. The normalized spacial score (nSPS) is 17.8. The van der Waals surface area contributed by atoms with Gasteiger partial charge in [-0.05, 0) is 26.1 Å². The number of piperazine rings is 1. The number of ether oxygens (including phenoxy) is 1. The smallest absolute Gasteiger partial charge is 0.244 e. The van der Waals surface area contributed by atoms with Gasteiger partial charge in [0.25, 0.3) is 0 Å². The van der Waals surface area contributed by atoms with Crippen LogP contribution in [0, 0.1) is 6.92 Å². The number of hydrazone groups is 1. The summed E-state index contributed by atoms with van der Waals surface area (Å²) in [4.78, 5) is 13.9. The standard InChI is InChI=1S/C18H22N6O/c1-13-15-16(20-18(19-13)24-11-9-22(2)10-12-24)23(3)21-17(25-15)14-7-5-4-6-8-14/h4-8H,9-12H2,1-3H3. The van der Waals surface area contributed by atoms with Crippen LogP contribution < -0.4 is 14.6 Å². The minimum absolute atomic E-state index is 0.564. The van der Waals surface area contributed by atoms with Crippen molar-refractivity contribution in [2.45, 2.75) is 6.92 Å². The van der Waals surface area contributed by atoms with Gasteiger partial charge in [0.05, 0.1) is 5.69 Å². The van der Waals surface area contributed by atoms with E-state index in [4.69, 9.17) is 9.72 Å². The zero-order valence-corrected chi connectivity index (χ0v) is 14.8. The van der Waals surface area contributed by atoms with Gasteiger partial charge in [-0.1, -0.05) is 18.2 Å². The van der Waals surface area contributed by atoms with Gasteiger partial charge >= 0.3 is 0 Å². The molecule has 0 atom stereocenters. The summed E-state index contributed by atoms with van der Waals surface area (Å²) in [5, 5.41) is 6.32. The van der Waals surface area contributed by atoms with Crippen molar-refractivity contribution in [2.24, 2.45) is 5.10 Å². The van der Waals surface area contributed by atoms with Crippen molar-refractivity contribution in [2.75, 3.05) is 50.2 Å². The van der Waals surface area contributed by atoms with Gasteiger partial charge in [0.1, 0.15) is 0 Å². The Morgan fingerprint density at radius 2 is 1.68 bits per heavy atom. The maximum atomic E-state index is 6.04. The summed E-state index contributed by atoms with van der Waals surface area (Å²) in [6.45, 7) is 5.85. The van der Waals surface area contributed by atoms with E-state index in [2.05, 4.69) is 26.9 Å². The molecule has 0 spiro atoms. The highest BCUT2D eigenvalue weighted by molar-refractivity contribution is 5.98. The van der Waals surface area contributed by atoms with Crippen LogP contribution in [-0.4, -0.2) is 61.0 Å². The van der Waals surface area contributed by atoms with Crippen LogP contribution in [0.5, 0.6) is 5.75 Å². The van der Waals surface area contributed by atoms with Crippen molar-refractivity contribution in [3.05, 3.63) is 41.6 Å². The molecule has 0 bridgehead atoms. The Hall–Kier alpha value is -2.67. The van der Waals surface area contributed by atoms with Gasteiger partial charge in [0, 0.05) is 38.8 Å². The van der Waals surface area contributed by atoms with Gasteiger partial charge in [-0.15, -0.1) is 5.10 Å². The number of hydrogen-bond acceptors (Lipinski definition) is 7. The van der Waals surface area contributed by atoms with E-state index in [0.717, 1.165) is 43.4 Å². The molecule has 4 rings (SSSR count). The molecule has 7 nitrogen and oxygen atoms in total. The van der Waals surface area contributed by atoms with Crippen LogP contribution in [0.1, 0.15) is 11.3 Å². The van der Waals surface area contributed by atoms with Gasteiger partial charge in [-0.25, -0.2) is 9.99 Å². The molecule has 1 aromatic heterocycles. The summed E-state index contributed by atoms with van der Waals surface area (Å²) in [7, 11) is 4.03. The van der Waals surface area contributed by atoms with Crippen LogP contribution in [0.15, 0.2) is 35.4 Å². The molecule has 130 valence electrons. The van der Waals surface area contributed by atoms with E-state index in [1.807, 2.05) is 44.3 Å². The summed E-state index contributed by atoms with van der Waals surface area (Å²) >= 11 is 0. The van der Waals surface area contributed by atoms with Gasteiger partial charge in [0.2, 0.25) is 11.8 Å². The van der Waals surface area contributed by atoms with Crippen molar-refractivity contribution >= 4 is 17.7 Å². The Morgan fingerprint density at radius 3 is 2.40 bits per heavy atom. The van der Waals surface area contributed by atoms with Crippen LogP contribution in [0.3, 0.4) is 0 Å². The summed E-state index contributed by atoms with van der Waals surface area (Å²) in [6.07, 6.45) is 0. The zero-order valence-electron chi connectivity index (χ0n) is 14.8. The van der Waals surface area contributed by atoms with Crippen LogP contribution in [0.4, 0.5) is 11.8 Å². The quantitative estimate of drug-likeness (QED) is 0.831. The third kappa shape index (κ3) is 3.02. The van der Waals surface area contributed by atoms with E-state index in [1.54, 1.807) is 5.01 Å². The molecule has 2 aliphatic rings. The first kappa shape index (κ1) is 15.8. The molecule has 2 aromatic rings. The van der Waals surface area contributed by atoms with E-state index in [9.17, 15) is 0 Å². The first-order valence-corrected chi connectivity index (χ1v) is 8.49. The lowest BCUT2D eigenvalue weighted by molar-refractivity contribution is 0.311. The number of aryl methyl sites for hydroxylation is 1. The number of rotatable bonds is 2. The first-order valence-electron chi connectivity index (χ1n) is 8.49. The van der Waals surface area contributed by atoms with Crippen molar-refractivity contribution in [1.29, 1.82) is 0 Å². The lowest BCUT2D eigenvalue weighted by atomic mass is 10.2. The molecule has 25 heavy (non-hydrogen) atoms. The Labute approximate surface area is 147 Å². The molecule has 0 unspecified atom stereocenters. The summed E-state index contributed by atoms with van der Waals surface area (Å²) in [5.74, 6) is 2.70. The topological polar surface area (TPSA) is 57.1 Å². The highest BCUT2D eigenvalue weighted by Gasteiger charge is 2.26. The lowest BCUT2D eigenvalue weighted by Gasteiger charge is -2.33. The van der Waals surface area contributed by atoms with Crippen LogP contribution >= 0.6 is 0 Å². The molecular formula is C18H22N6O. The molecule has 1 aromatic carbocycles. The Kier molecular flexibility index (Phi) is 4.01. The Balaban J connectivity index is 1.65. The van der Waals surface area contributed by atoms with E-state index >= 15 is 0 Å². The average Bonchev–Trinajstić information content (AvgIpc) is 2.63. The number of likely N-dealkylation sites (N-methyl/N-ethyl adjacent to an activating group) is 1. The average molecular weight is 338 g/mol. The zero-order chi connectivity index (χ0) is 17.4. The molecule has 0 saturated carbocycles. The van der Waals surface area contributed by atoms with Gasteiger partial charge in [-0.3, -0.25) is 0 Å². The van der Waals surface area contributed by atoms with Crippen molar-refractivity contribution in [3.63, 3.8) is 0 Å². The monoisotopic (exact) mass is 338 g/mol. The fourth-order valence-electron chi connectivity index (χ4n) is 3.02. The van der Waals surface area contributed by atoms with Crippen molar-refractivity contribution in [3.8, 4) is 5.75 Å². The Morgan fingerprint density at radius 1 is 0.960 bits per heavy atom. The number of hydrogen-bond donors (Lipinski definition) is 0. The van der Waals surface area contributed by atoms with Crippen LogP contribution in [0.25, 0.3) is 0 Å². The van der Waals surface area contributed by atoms with E-state index < -0.39 is 0 Å². The maximum Gasteiger partial charge on any atom is 0.244 e. The fraction of sp³-hybridized carbons (Fsp3) is 0.389. The summed E-state index contributed by atoms with van der Waals surface area (Å²) in [5.41, 5.74) is 1.76. The molecule has 0 N–H and O–H groups in total. The number of anilines is 2. The highest BCUT2D eigenvalue weighted by atomic mass is 16.5. The van der Waals surface area contributed by atoms with Gasteiger partial charge < -0.3 is 14.5 Å². The first-order chi connectivity index (χ1) is 12.1. The van der Waals surface area contributed by atoms with Gasteiger partial charge in [-0.2, -0.15) is 4.98 Å². The fourth-order valence-corrected chi connectivity index (χ4v) is 3.02. The molecule has 1 fully saturated rings. The molecule has 0 radical (unpaired) electrons. The van der Waals surface area contributed by atoms with Crippen LogP contribution in [-0.2, 0) is 0 Å². The third-order valence-corrected chi connectivity index (χ3v) is 4.56. The SMILES string of the molecule is Cc1nc(N2CCN(C)CC2)nc2c1OC(c1ccccc1)=NN2C. The maximum absolute atomic E-state index is 6.04. The number of nitrogens with zero attached hydrogens (tertiary/aromatic N) is 6. The number of aromatic nitrogens is 2. The highest BCUT2D eigenvalue weighted by Crippen LogP contribution is 2.34. The molecule has 2 aliphatic heterocycles. The largest absolute Gasteiger partial charge is 0.431 e. The summed E-state index contributed by atoms with van der Waals surface area (Å²) in [6, 6.07) is 9.87. The molecule has 1 saturated heterocycles. The predicted molar refractivity (Wildman–Crippen MR) is 98.5 cm³/mol. The van der Waals surface area contributed by atoms with Crippen molar-refractivity contribution < 1.29 is 4.74 Å². The second-order valence-electron chi connectivity index (χ2n) is 6.45. The summed E-state index contributed by atoms with van der Waals surface area (Å²) < 4.78 is 6.04. The molecule has 7 heteroatoms. The van der Waals surface area contributed by atoms with E-state index in [0.29, 0.717) is 17.5 Å². The van der Waals surface area contributed by atoms with Gasteiger partial charge in [0.15, 0.2) is 11.6 Å². The third-order valence-electron chi connectivity index (χ3n) is 4.56. The molecule has 0 amide bonds. The van der Waals surface area contributed by atoms with E-state index in [-0.39, 0.29) is 0 Å². The molecule has 3 heterocycles. The minimum atomic E-state index is 0.564.